The van der Waals surface area contributed by atoms with Gasteiger partial charge in [-0.05, 0) is 30.7 Å². The van der Waals surface area contributed by atoms with Crippen molar-refractivity contribution in [3.8, 4) is 5.75 Å². The predicted molar refractivity (Wildman–Crippen MR) is 118 cm³/mol. The van der Waals surface area contributed by atoms with E-state index in [0.29, 0.717) is 21.5 Å². The van der Waals surface area contributed by atoms with Crippen LogP contribution < -0.4 is 9.54 Å². The highest BCUT2D eigenvalue weighted by Crippen LogP contribution is 2.29. The summed E-state index contributed by atoms with van der Waals surface area (Å²) in [7, 11) is 3.50. The molecule has 5 nitrogen and oxygen atoms in total. The summed E-state index contributed by atoms with van der Waals surface area (Å²) in [6.45, 7) is 2.02. The van der Waals surface area contributed by atoms with E-state index >= 15 is 0 Å². The van der Waals surface area contributed by atoms with Crippen molar-refractivity contribution in [1.29, 1.82) is 0 Å². The number of ketones is 1. The van der Waals surface area contributed by atoms with Gasteiger partial charge in [0, 0.05) is 23.7 Å². The molecule has 0 unspecified atom stereocenters. The first-order valence-corrected chi connectivity index (χ1v) is 10.2. The van der Waals surface area contributed by atoms with Crippen molar-refractivity contribution >= 4 is 33.2 Å². The molecule has 1 amide bonds. The highest BCUT2D eigenvalue weighted by atomic mass is 32.1. The Balaban J connectivity index is 1.67. The fourth-order valence-electron chi connectivity index (χ4n) is 3.29. The number of amides is 1. The van der Waals surface area contributed by atoms with Gasteiger partial charge in [-0.2, -0.15) is 4.99 Å². The van der Waals surface area contributed by atoms with Gasteiger partial charge in [0.2, 0.25) is 0 Å². The van der Waals surface area contributed by atoms with Crippen LogP contribution in [0, 0.1) is 6.92 Å². The molecule has 0 bridgehead atoms. The SMILES string of the molecule is COc1ccc(C)c2sc(=NC(=O)c3ccc(C(=O)c4ccccc4)cc3)n(C)c12. The first kappa shape index (κ1) is 19.8. The molecule has 1 aromatic heterocycles. The molecule has 0 fully saturated rings. The summed E-state index contributed by atoms with van der Waals surface area (Å²) in [5.41, 5.74) is 3.59. The van der Waals surface area contributed by atoms with Crippen molar-refractivity contribution in [3.05, 3.63) is 93.8 Å². The second-order valence-electron chi connectivity index (χ2n) is 6.90. The van der Waals surface area contributed by atoms with Gasteiger partial charge in [0.15, 0.2) is 10.6 Å². The van der Waals surface area contributed by atoms with Crippen LogP contribution in [0.5, 0.6) is 5.75 Å². The predicted octanol–water partition coefficient (Wildman–Crippen LogP) is 4.53. The third-order valence-electron chi connectivity index (χ3n) is 4.95. The Hall–Kier alpha value is -3.51. The standard InChI is InChI=1S/C24H20N2O3S/c1-15-9-14-19(29-3)20-22(15)30-24(26(20)2)25-23(28)18-12-10-17(11-13-18)21(27)16-7-5-4-6-8-16/h4-14H,1-3H3. The normalized spacial score (nSPS) is 11.6. The van der Waals surface area contributed by atoms with Crippen LogP contribution in [0.1, 0.15) is 31.8 Å². The minimum absolute atomic E-state index is 0.0787. The lowest BCUT2D eigenvalue weighted by Gasteiger charge is -2.05. The first-order chi connectivity index (χ1) is 14.5. The highest BCUT2D eigenvalue weighted by Gasteiger charge is 2.14. The van der Waals surface area contributed by atoms with E-state index in [1.54, 1.807) is 43.5 Å². The van der Waals surface area contributed by atoms with Crippen molar-refractivity contribution in [3.63, 3.8) is 0 Å². The number of rotatable bonds is 4. The number of benzene rings is 3. The Kier molecular flexibility index (Phi) is 5.33. The first-order valence-electron chi connectivity index (χ1n) is 9.41. The van der Waals surface area contributed by atoms with Crippen molar-refractivity contribution in [2.24, 2.45) is 12.0 Å². The molecule has 0 aliphatic heterocycles. The third kappa shape index (κ3) is 3.57. The number of ether oxygens (including phenoxy) is 1. The summed E-state index contributed by atoms with van der Waals surface area (Å²) >= 11 is 1.45. The molecule has 30 heavy (non-hydrogen) atoms. The van der Waals surface area contributed by atoms with Gasteiger partial charge in [-0.25, -0.2) is 0 Å². The van der Waals surface area contributed by atoms with Crippen LogP contribution >= 0.6 is 11.3 Å². The number of methoxy groups -OCH3 is 1. The molecule has 150 valence electrons. The number of fused-ring (bicyclic) bond motifs is 1. The molecule has 4 aromatic rings. The zero-order valence-corrected chi connectivity index (χ0v) is 17.7. The fraction of sp³-hybridized carbons (Fsp3) is 0.125. The zero-order valence-electron chi connectivity index (χ0n) is 16.9. The fourth-order valence-corrected chi connectivity index (χ4v) is 4.39. The molecule has 0 aliphatic rings. The molecule has 4 rings (SSSR count). The zero-order chi connectivity index (χ0) is 21.3. The van der Waals surface area contributed by atoms with Crippen LogP contribution in [0.3, 0.4) is 0 Å². The average molecular weight is 417 g/mol. The summed E-state index contributed by atoms with van der Waals surface area (Å²) in [5, 5.41) is 0. The summed E-state index contributed by atoms with van der Waals surface area (Å²) in [6.07, 6.45) is 0. The maximum absolute atomic E-state index is 12.7. The summed E-state index contributed by atoms with van der Waals surface area (Å²) in [6, 6.07) is 19.6. The number of hydrogen-bond donors (Lipinski definition) is 0. The van der Waals surface area contributed by atoms with Crippen molar-refractivity contribution in [2.45, 2.75) is 6.92 Å². The molecular formula is C24H20N2O3S. The molecule has 0 saturated heterocycles. The maximum Gasteiger partial charge on any atom is 0.279 e. The Labute approximate surface area is 177 Å². The molecule has 0 radical (unpaired) electrons. The van der Waals surface area contributed by atoms with E-state index < -0.39 is 0 Å². The number of carbonyl (C=O) groups is 2. The summed E-state index contributed by atoms with van der Waals surface area (Å²) in [5.74, 6) is 0.310. The van der Waals surface area contributed by atoms with Crippen molar-refractivity contribution < 1.29 is 14.3 Å². The van der Waals surface area contributed by atoms with E-state index in [4.69, 9.17) is 4.74 Å². The van der Waals surface area contributed by atoms with Gasteiger partial charge < -0.3 is 9.30 Å². The van der Waals surface area contributed by atoms with E-state index in [0.717, 1.165) is 21.5 Å². The maximum atomic E-state index is 12.7. The number of nitrogens with zero attached hydrogens (tertiary/aromatic N) is 2. The van der Waals surface area contributed by atoms with Gasteiger partial charge in [0.05, 0.1) is 11.8 Å². The highest BCUT2D eigenvalue weighted by molar-refractivity contribution is 7.16. The van der Waals surface area contributed by atoms with E-state index in [2.05, 4.69) is 4.99 Å². The van der Waals surface area contributed by atoms with E-state index in [9.17, 15) is 9.59 Å². The van der Waals surface area contributed by atoms with Crippen LogP contribution in [-0.2, 0) is 7.05 Å². The largest absolute Gasteiger partial charge is 0.495 e. The van der Waals surface area contributed by atoms with Crippen molar-refractivity contribution in [1.82, 2.24) is 4.57 Å². The van der Waals surface area contributed by atoms with Crippen LogP contribution in [0.4, 0.5) is 0 Å². The lowest BCUT2D eigenvalue weighted by atomic mass is 10.0. The van der Waals surface area contributed by atoms with Gasteiger partial charge in [-0.15, -0.1) is 0 Å². The number of hydrogen-bond acceptors (Lipinski definition) is 4. The van der Waals surface area contributed by atoms with Gasteiger partial charge >= 0.3 is 0 Å². The van der Waals surface area contributed by atoms with E-state index in [1.165, 1.54) is 11.3 Å². The third-order valence-corrected chi connectivity index (χ3v) is 6.22. The molecule has 3 aromatic carbocycles. The Morgan fingerprint density at radius 3 is 2.20 bits per heavy atom. The Morgan fingerprint density at radius 1 is 0.900 bits per heavy atom. The second kappa shape index (κ2) is 8.08. The molecule has 0 N–H and O–H groups in total. The van der Waals surface area contributed by atoms with E-state index in [1.807, 2.05) is 48.9 Å². The monoisotopic (exact) mass is 416 g/mol. The van der Waals surface area contributed by atoms with Gasteiger partial charge in [0.1, 0.15) is 11.3 Å². The molecule has 0 aliphatic carbocycles. The number of carbonyl (C=O) groups excluding carboxylic acids is 2. The minimum Gasteiger partial charge on any atom is -0.495 e. The smallest absolute Gasteiger partial charge is 0.279 e. The molecule has 0 spiro atoms. The van der Waals surface area contributed by atoms with Crippen LogP contribution in [0.25, 0.3) is 10.2 Å². The van der Waals surface area contributed by atoms with Crippen molar-refractivity contribution in [2.75, 3.05) is 7.11 Å². The summed E-state index contributed by atoms with van der Waals surface area (Å²) < 4.78 is 8.37. The number of aryl methyl sites for hydroxylation is 2. The number of thiazole rings is 1. The van der Waals surface area contributed by atoms with Gasteiger partial charge in [-0.3, -0.25) is 9.59 Å². The van der Waals surface area contributed by atoms with Gasteiger partial charge in [-0.1, -0.05) is 59.9 Å². The van der Waals surface area contributed by atoms with Crippen LogP contribution in [0.2, 0.25) is 0 Å². The van der Waals surface area contributed by atoms with Gasteiger partial charge in [0.25, 0.3) is 5.91 Å². The topological polar surface area (TPSA) is 60.7 Å². The molecular weight excluding hydrogens is 396 g/mol. The molecule has 0 saturated carbocycles. The lowest BCUT2D eigenvalue weighted by Crippen LogP contribution is -2.13. The Morgan fingerprint density at radius 2 is 1.53 bits per heavy atom. The molecule has 1 heterocycles. The van der Waals surface area contributed by atoms with Crippen LogP contribution in [0.15, 0.2) is 71.7 Å². The average Bonchev–Trinajstić information content (AvgIpc) is 3.11. The lowest BCUT2D eigenvalue weighted by molar-refractivity contribution is 0.0994. The van der Waals surface area contributed by atoms with Crippen LogP contribution in [-0.4, -0.2) is 23.4 Å². The van der Waals surface area contributed by atoms with E-state index in [-0.39, 0.29) is 11.7 Å². The second-order valence-corrected chi connectivity index (χ2v) is 7.87. The minimum atomic E-state index is -0.354. The molecule has 6 heteroatoms. The molecule has 0 atom stereocenters. The Bertz CT molecular complexity index is 1320. The summed E-state index contributed by atoms with van der Waals surface area (Å²) in [4.78, 5) is 30.2. The quantitative estimate of drug-likeness (QED) is 0.459. The number of aromatic nitrogens is 1.